The summed E-state index contributed by atoms with van der Waals surface area (Å²) in [5.74, 6) is -3.47. The highest BCUT2D eigenvalue weighted by Crippen LogP contribution is 2.33. The van der Waals surface area contributed by atoms with Gasteiger partial charge in [0.15, 0.2) is 0 Å². The number of nitrogens with one attached hydrogen (secondary N) is 1. The van der Waals surface area contributed by atoms with Crippen LogP contribution in [-0.2, 0) is 19.6 Å². The van der Waals surface area contributed by atoms with E-state index in [1.54, 1.807) is 0 Å². The van der Waals surface area contributed by atoms with Gasteiger partial charge in [0.05, 0.1) is 5.56 Å². The monoisotopic (exact) mass is 567 g/mol. The number of amides is 3. The van der Waals surface area contributed by atoms with E-state index in [0.717, 1.165) is 61.3 Å². The summed E-state index contributed by atoms with van der Waals surface area (Å²) in [6, 6.07) is 13.9. The van der Waals surface area contributed by atoms with Crippen LogP contribution in [0.3, 0.4) is 0 Å². The molecule has 1 aliphatic carbocycles. The second-order valence-electron chi connectivity index (χ2n) is 9.85. The average molecular weight is 568 g/mol. The predicted molar refractivity (Wildman–Crippen MR) is 143 cm³/mol. The third-order valence-electron chi connectivity index (χ3n) is 7.21. The fraction of sp³-hybridized carbons (Fsp3) is 0.276. The van der Waals surface area contributed by atoms with Crippen molar-refractivity contribution in [2.75, 3.05) is 11.4 Å². The molecule has 1 unspecified atom stereocenters. The first-order valence-electron chi connectivity index (χ1n) is 13.0. The molecule has 1 aliphatic heterocycles. The van der Waals surface area contributed by atoms with Gasteiger partial charge in [-0.2, -0.15) is 0 Å². The minimum Gasteiger partial charge on any atom is -0.351 e. The Bertz CT molecular complexity index is 1540. The summed E-state index contributed by atoms with van der Waals surface area (Å²) < 4.78 is 54.5. The summed E-state index contributed by atoms with van der Waals surface area (Å²) in [6.07, 6.45) is 4.43. The number of fused-ring (bicyclic) bond motifs is 1. The Morgan fingerprint density at radius 1 is 0.900 bits per heavy atom. The van der Waals surface area contributed by atoms with E-state index in [1.807, 2.05) is 0 Å². The molecular formula is C29H27F2N3O5S. The number of sulfonamides is 1. The van der Waals surface area contributed by atoms with Crippen LogP contribution in [0.1, 0.15) is 54.1 Å². The molecular weight excluding hydrogens is 540 g/mol. The SMILES string of the molecule is O=C(NC1CCCCC1)C(c1ccc(F)cc1)N(C(=O)CN1C(=O)c2ccccc2S1(=O)=O)c1ccc(F)cc1. The molecule has 0 bridgehead atoms. The van der Waals surface area contributed by atoms with Gasteiger partial charge in [-0.15, -0.1) is 0 Å². The molecule has 1 heterocycles. The zero-order chi connectivity index (χ0) is 28.4. The van der Waals surface area contributed by atoms with Crippen LogP contribution in [0.25, 0.3) is 0 Å². The Kier molecular flexibility index (Phi) is 7.66. The Morgan fingerprint density at radius 2 is 1.50 bits per heavy atom. The Hall–Kier alpha value is -4.12. The van der Waals surface area contributed by atoms with Crippen molar-refractivity contribution >= 4 is 33.4 Å². The minimum atomic E-state index is -4.33. The van der Waals surface area contributed by atoms with Crippen LogP contribution in [0.2, 0.25) is 0 Å². The van der Waals surface area contributed by atoms with E-state index in [4.69, 9.17) is 0 Å². The molecule has 0 spiro atoms. The van der Waals surface area contributed by atoms with Gasteiger partial charge in [-0.25, -0.2) is 21.5 Å². The van der Waals surface area contributed by atoms with Crippen molar-refractivity contribution in [1.82, 2.24) is 9.62 Å². The predicted octanol–water partition coefficient (Wildman–Crippen LogP) is 4.33. The van der Waals surface area contributed by atoms with E-state index in [0.29, 0.717) is 4.31 Å². The molecule has 0 aromatic heterocycles. The molecule has 3 aromatic carbocycles. The third-order valence-corrected chi connectivity index (χ3v) is 9.00. The standard InChI is InChI=1S/C29H27F2N3O5S/c30-20-12-10-19(11-13-20)27(28(36)32-22-6-2-1-3-7-22)34(23-16-14-21(31)15-17-23)26(35)18-33-29(37)24-8-4-5-9-25(24)40(33,38)39/h4-5,8-17,22,27H,1-3,6-7,18H2,(H,32,36). The van der Waals surface area contributed by atoms with Gasteiger partial charge in [0, 0.05) is 11.7 Å². The second kappa shape index (κ2) is 11.2. The lowest BCUT2D eigenvalue weighted by molar-refractivity contribution is -0.127. The molecule has 2 aliphatic rings. The molecule has 3 aromatic rings. The largest absolute Gasteiger partial charge is 0.351 e. The molecule has 1 N–H and O–H groups in total. The zero-order valence-corrected chi connectivity index (χ0v) is 22.2. The van der Waals surface area contributed by atoms with E-state index in [1.165, 1.54) is 48.5 Å². The van der Waals surface area contributed by atoms with Crippen molar-refractivity contribution < 1.29 is 31.6 Å². The maximum absolute atomic E-state index is 14.0. The summed E-state index contributed by atoms with van der Waals surface area (Å²) in [7, 11) is -4.33. The summed E-state index contributed by atoms with van der Waals surface area (Å²) >= 11 is 0. The van der Waals surface area contributed by atoms with Crippen molar-refractivity contribution in [2.45, 2.75) is 49.1 Å². The molecule has 1 atom stereocenters. The van der Waals surface area contributed by atoms with Gasteiger partial charge >= 0.3 is 0 Å². The van der Waals surface area contributed by atoms with E-state index in [9.17, 15) is 31.6 Å². The number of rotatable bonds is 7. The number of anilines is 1. The molecule has 40 heavy (non-hydrogen) atoms. The summed E-state index contributed by atoms with van der Waals surface area (Å²) in [5.41, 5.74) is 0.293. The van der Waals surface area contributed by atoms with Crippen molar-refractivity contribution in [3.05, 3.63) is 95.6 Å². The molecule has 208 valence electrons. The van der Waals surface area contributed by atoms with Gasteiger partial charge in [-0.3, -0.25) is 19.3 Å². The van der Waals surface area contributed by atoms with Crippen molar-refractivity contribution in [3.8, 4) is 0 Å². The quantitative estimate of drug-likeness (QED) is 0.458. The maximum Gasteiger partial charge on any atom is 0.269 e. The Labute approximate surface area is 230 Å². The lowest BCUT2D eigenvalue weighted by atomic mass is 9.94. The first-order valence-corrected chi connectivity index (χ1v) is 14.4. The van der Waals surface area contributed by atoms with E-state index in [2.05, 4.69) is 5.32 Å². The lowest BCUT2D eigenvalue weighted by Gasteiger charge is -2.34. The molecule has 5 rings (SSSR count). The molecule has 1 saturated carbocycles. The van der Waals surface area contributed by atoms with Gasteiger partial charge < -0.3 is 5.32 Å². The van der Waals surface area contributed by atoms with Crippen LogP contribution in [0.15, 0.2) is 77.7 Å². The normalized spacial score (nSPS) is 17.2. The van der Waals surface area contributed by atoms with Gasteiger partial charge in [-0.1, -0.05) is 43.5 Å². The zero-order valence-electron chi connectivity index (χ0n) is 21.4. The molecule has 0 radical (unpaired) electrons. The number of hydrogen-bond acceptors (Lipinski definition) is 5. The van der Waals surface area contributed by atoms with Crippen LogP contribution < -0.4 is 10.2 Å². The van der Waals surface area contributed by atoms with Crippen LogP contribution in [-0.4, -0.2) is 43.0 Å². The van der Waals surface area contributed by atoms with Gasteiger partial charge in [0.1, 0.15) is 29.1 Å². The fourth-order valence-electron chi connectivity index (χ4n) is 5.21. The molecule has 8 nitrogen and oxygen atoms in total. The first-order chi connectivity index (χ1) is 19.2. The number of halogens is 2. The third kappa shape index (κ3) is 5.33. The van der Waals surface area contributed by atoms with Gasteiger partial charge in [0.25, 0.3) is 15.9 Å². The van der Waals surface area contributed by atoms with E-state index in [-0.39, 0.29) is 27.8 Å². The van der Waals surface area contributed by atoms with Crippen LogP contribution >= 0.6 is 0 Å². The summed E-state index contributed by atoms with van der Waals surface area (Å²) in [4.78, 5) is 41.6. The summed E-state index contributed by atoms with van der Waals surface area (Å²) in [6.45, 7) is -0.901. The number of carbonyl (C=O) groups excluding carboxylic acids is 3. The van der Waals surface area contributed by atoms with E-state index >= 15 is 0 Å². The van der Waals surface area contributed by atoms with Crippen LogP contribution in [0.5, 0.6) is 0 Å². The van der Waals surface area contributed by atoms with Crippen molar-refractivity contribution in [2.24, 2.45) is 0 Å². The Morgan fingerprint density at radius 3 is 2.12 bits per heavy atom. The Balaban J connectivity index is 1.55. The summed E-state index contributed by atoms with van der Waals surface area (Å²) in [5, 5.41) is 2.98. The minimum absolute atomic E-state index is 0.0613. The number of carbonyl (C=O) groups is 3. The first kappa shape index (κ1) is 27.4. The van der Waals surface area contributed by atoms with Gasteiger partial charge in [-0.05, 0) is 66.9 Å². The van der Waals surface area contributed by atoms with Crippen molar-refractivity contribution in [3.63, 3.8) is 0 Å². The maximum atomic E-state index is 14.0. The van der Waals surface area contributed by atoms with Gasteiger partial charge in [0.2, 0.25) is 11.8 Å². The molecule has 1 fully saturated rings. The number of hydrogen-bond donors (Lipinski definition) is 1. The topological polar surface area (TPSA) is 104 Å². The highest BCUT2D eigenvalue weighted by molar-refractivity contribution is 7.90. The molecule has 11 heteroatoms. The molecule has 3 amide bonds. The number of nitrogens with zero attached hydrogens (tertiary/aromatic N) is 2. The number of benzene rings is 3. The highest BCUT2D eigenvalue weighted by Gasteiger charge is 2.44. The highest BCUT2D eigenvalue weighted by atomic mass is 32.2. The fourth-order valence-corrected chi connectivity index (χ4v) is 6.73. The van der Waals surface area contributed by atoms with E-state index < -0.39 is 52.0 Å². The lowest BCUT2D eigenvalue weighted by Crippen LogP contribution is -2.50. The molecule has 0 saturated heterocycles. The van der Waals surface area contributed by atoms with Crippen molar-refractivity contribution in [1.29, 1.82) is 0 Å². The second-order valence-corrected chi connectivity index (χ2v) is 11.7. The van der Waals surface area contributed by atoms with Crippen LogP contribution in [0, 0.1) is 11.6 Å². The smallest absolute Gasteiger partial charge is 0.269 e. The average Bonchev–Trinajstić information content (AvgIpc) is 3.14. The van der Waals surface area contributed by atoms with Crippen LogP contribution in [0.4, 0.5) is 14.5 Å².